The molecule has 0 radical (unpaired) electrons. The van der Waals surface area contributed by atoms with Crippen molar-refractivity contribution in [1.82, 2.24) is 14.7 Å². The van der Waals surface area contributed by atoms with Crippen molar-refractivity contribution in [1.29, 1.82) is 0 Å². The van der Waals surface area contributed by atoms with Gasteiger partial charge in [-0.25, -0.2) is 4.98 Å². The van der Waals surface area contributed by atoms with Crippen molar-refractivity contribution in [2.75, 3.05) is 6.54 Å². The Labute approximate surface area is 135 Å². The van der Waals surface area contributed by atoms with Gasteiger partial charge in [0.25, 0.3) is 0 Å². The number of hydrogen-bond acceptors (Lipinski definition) is 5. The van der Waals surface area contributed by atoms with Crippen LogP contribution in [-0.4, -0.2) is 15.9 Å². The smallest absolute Gasteiger partial charge is 0.174 e. The minimum atomic E-state index is 0.456. The summed E-state index contributed by atoms with van der Waals surface area (Å²) in [5.41, 5.74) is 1.36. The third-order valence-corrected chi connectivity index (χ3v) is 5.10. The molecule has 0 fully saturated rings. The third-order valence-electron chi connectivity index (χ3n) is 3.30. The van der Waals surface area contributed by atoms with Crippen LogP contribution in [0.5, 0.6) is 0 Å². The molecule has 1 atom stereocenters. The summed E-state index contributed by atoms with van der Waals surface area (Å²) in [6.45, 7) is 7.58. The molecule has 0 saturated heterocycles. The molecule has 0 saturated carbocycles. The van der Waals surface area contributed by atoms with Gasteiger partial charge in [0.1, 0.15) is 5.82 Å². The molecule has 1 N–H and O–H groups in total. The normalized spacial score (nSPS) is 12.5. The van der Waals surface area contributed by atoms with Gasteiger partial charge in [0.15, 0.2) is 4.34 Å². The van der Waals surface area contributed by atoms with Crippen molar-refractivity contribution in [2.24, 2.45) is 0 Å². The molecule has 5 heteroatoms. The maximum absolute atomic E-state index is 4.50. The van der Waals surface area contributed by atoms with Crippen molar-refractivity contribution in [2.45, 2.75) is 55.3 Å². The van der Waals surface area contributed by atoms with Crippen molar-refractivity contribution in [3.63, 3.8) is 0 Å². The van der Waals surface area contributed by atoms with E-state index in [2.05, 4.69) is 59.7 Å². The molecule has 0 aliphatic heterocycles. The quantitative estimate of drug-likeness (QED) is 0.764. The van der Waals surface area contributed by atoms with Gasteiger partial charge in [-0.15, -0.1) is 0 Å². The van der Waals surface area contributed by atoms with Crippen LogP contribution in [-0.2, 0) is 6.42 Å². The summed E-state index contributed by atoms with van der Waals surface area (Å²) in [6, 6.07) is 9.27. The molecule has 0 bridgehead atoms. The molecule has 2 aromatic rings. The van der Waals surface area contributed by atoms with E-state index in [4.69, 9.17) is 0 Å². The van der Waals surface area contributed by atoms with Crippen molar-refractivity contribution < 1.29 is 0 Å². The zero-order valence-corrected chi connectivity index (χ0v) is 14.6. The Morgan fingerprint density at radius 1 is 1.19 bits per heavy atom. The molecule has 0 aliphatic carbocycles. The summed E-state index contributed by atoms with van der Waals surface area (Å²) < 4.78 is 5.35. The van der Waals surface area contributed by atoms with Gasteiger partial charge in [-0.1, -0.05) is 44.7 Å². The predicted molar refractivity (Wildman–Crippen MR) is 91.2 cm³/mol. The van der Waals surface area contributed by atoms with E-state index >= 15 is 0 Å². The molecule has 0 amide bonds. The second kappa shape index (κ2) is 8.51. The van der Waals surface area contributed by atoms with Crippen LogP contribution in [0.1, 0.15) is 51.0 Å². The highest BCUT2D eigenvalue weighted by Crippen LogP contribution is 2.30. The number of hydrogen-bond donors (Lipinski definition) is 1. The lowest BCUT2D eigenvalue weighted by Crippen LogP contribution is -2.21. The number of nitrogens with one attached hydrogen (secondary N) is 1. The first kappa shape index (κ1) is 16.5. The van der Waals surface area contributed by atoms with Crippen LogP contribution in [0.2, 0.25) is 0 Å². The molecule has 21 heavy (non-hydrogen) atoms. The standard InChI is InChI=1S/C16H23N3S2/c1-4-11-17-14(5-2)12-7-9-13(10-8-12)20-16-18-15(6-3)19-21-16/h7-10,14,17H,4-6,11H2,1-3H3. The van der Waals surface area contributed by atoms with E-state index in [1.54, 1.807) is 11.8 Å². The number of aryl methyl sites for hydroxylation is 1. The SMILES string of the molecule is CCCNC(CC)c1ccc(Sc2nc(CC)ns2)cc1. The van der Waals surface area contributed by atoms with Gasteiger partial charge in [-0.3, -0.25) is 0 Å². The maximum atomic E-state index is 4.50. The molecule has 1 unspecified atom stereocenters. The zero-order chi connectivity index (χ0) is 15.1. The van der Waals surface area contributed by atoms with Gasteiger partial charge in [-0.05, 0) is 48.6 Å². The fraction of sp³-hybridized carbons (Fsp3) is 0.500. The highest BCUT2D eigenvalue weighted by Gasteiger charge is 2.09. The number of nitrogens with zero attached hydrogens (tertiary/aromatic N) is 2. The molecule has 1 heterocycles. The van der Waals surface area contributed by atoms with Gasteiger partial charge >= 0.3 is 0 Å². The first-order chi connectivity index (χ1) is 10.3. The lowest BCUT2D eigenvalue weighted by molar-refractivity contribution is 0.518. The first-order valence-electron chi connectivity index (χ1n) is 7.60. The monoisotopic (exact) mass is 321 g/mol. The van der Waals surface area contributed by atoms with Gasteiger partial charge < -0.3 is 5.32 Å². The Balaban J connectivity index is 2.00. The summed E-state index contributed by atoms with van der Waals surface area (Å²) in [6.07, 6.45) is 3.18. The molecule has 2 rings (SSSR count). The van der Waals surface area contributed by atoms with Crippen LogP contribution < -0.4 is 5.32 Å². The molecule has 3 nitrogen and oxygen atoms in total. The Morgan fingerprint density at radius 3 is 2.52 bits per heavy atom. The van der Waals surface area contributed by atoms with Crippen LogP contribution in [0.3, 0.4) is 0 Å². The summed E-state index contributed by atoms with van der Waals surface area (Å²) in [5.74, 6) is 0.939. The molecule has 0 aliphatic rings. The molecule has 1 aromatic carbocycles. The summed E-state index contributed by atoms with van der Waals surface area (Å²) in [4.78, 5) is 5.72. The minimum absolute atomic E-state index is 0.456. The van der Waals surface area contributed by atoms with E-state index in [1.165, 1.54) is 28.4 Å². The number of rotatable bonds is 8. The molecular formula is C16H23N3S2. The summed E-state index contributed by atoms with van der Waals surface area (Å²) in [5, 5.41) is 3.59. The van der Waals surface area contributed by atoms with Gasteiger partial charge in [0.05, 0.1) is 0 Å². The largest absolute Gasteiger partial charge is 0.310 e. The lowest BCUT2D eigenvalue weighted by atomic mass is 10.0. The fourth-order valence-electron chi connectivity index (χ4n) is 2.11. The second-order valence-electron chi connectivity index (χ2n) is 4.92. The number of aromatic nitrogens is 2. The first-order valence-corrected chi connectivity index (χ1v) is 9.19. The number of benzene rings is 1. The third kappa shape index (κ3) is 4.80. The zero-order valence-electron chi connectivity index (χ0n) is 12.9. The van der Waals surface area contributed by atoms with Crippen LogP contribution >= 0.6 is 23.3 Å². The minimum Gasteiger partial charge on any atom is -0.310 e. The highest BCUT2D eigenvalue weighted by atomic mass is 32.2. The van der Waals surface area contributed by atoms with Crippen molar-refractivity contribution in [3.05, 3.63) is 35.7 Å². The molecular weight excluding hydrogens is 298 g/mol. The average Bonchev–Trinajstić information content (AvgIpc) is 2.97. The van der Waals surface area contributed by atoms with E-state index in [0.717, 1.165) is 29.6 Å². The topological polar surface area (TPSA) is 37.8 Å². The van der Waals surface area contributed by atoms with Gasteiger partial charge in [0, 0.05) is 17.4 Å². The Bertz CT molecular complexity index is 537. The van der Waals surface area contributed by atoms with Gasteiger partial charge in [0.2, 0.25) is 0 Å². The predicted octanol–water partition coefficient (Wildman–Crippen LogP) is 4.70. The van der Waals surface area contributed by atoms with E-state index in [9.17, 15) is 0 Å². The van der Waals surface area contributed by atoms with Crippen LogP contribution in [0.4, 0.5) is 0 Å². The van der Waals surface area contributed by atoms with E-state index in [-0.39, 0.29) is 0 Å². The lowest BCUT2D eigenvalue weighted by Gasteiger charge is -2.17. The molecule has 0 spiro atoms. The van der Waals surface area contributed by atoms with Crippen LogP contribution in [0.25, 0.3) is 0 Å². The molecule has 114 valence electrons. The van der Waals surface area contributed by atoms with Gasteiger partial charge in [-0.2, -0.15) is 4.37 Å². The molecule has 1 aromatic heterocycles. The summed E-state index contributed by atoms with van der Waals surface area (Å²) in [7, 11) is 0. The second-order valence-corrected chi connectivity index (χ2v) is 6.99. The fourth-order valence-corrected chi connectivity index (χ4v) is 3.78. The van der Waals surface area contributed by atoms with E-state index in [1.807, 2.05) is 0 Å². The van der Waals surface area contributed by atoms with E-state index in [0.29, 0.717) is 6.04 Å². The van der Waals surface area contributed by atoms with Crippen LogP contribution in [0, 0.1) is 0 Å². The highest BCUT2D eigenvalue weighted by molar-refractivity contribution is 8.01. The van der Waals surface area contributed by atoms with Crippen molar-refractivity contribution >= 4 is 23.3 Å². The summed E-state index contributed by atoms with van der Waals surface area (Å²) >= 11 is 3.18. The Kier molecular flexibility index (Phi) is 6.67. The Morgan fingerprint density at radius 2 is 1.95 bits per heavy atom. The van der Waals surface area contributed by atoms with E-state index < -0.39 is 0 Å². The van der Waals surface area contributed by atoms with Crippen molar-refractivity contribution in [3.8, 4) is 0 Å². The Hall–Kier alpha value is -0.910. The average molecular weight is 322 g/mol. The van der Waals surface area contributed by atoms with Crippen LogP contribution in [0.15, 0.2) is 33.5 Å². The maximum Gasteiger partial charge on any atom is 0.174 e.